The normalized spacial score (nSPS) is 21.3. The van der Waals surface area contributed by atoms with Gasteiger partial charge in [0, 0.05) is 31.7 Å². The molecule has 0 radical (unpaired) electrons. The number of fused-ring (bicyclic) bond motifs is 5. The van der Waals surface area contributed by atoms with Crippen LogP contribution in [0.4, 0.5) is 0 Å². The summed E-state index contributed by atoms with van der Waals surface area (Å²) in [6.45, 7) is 2.82. The minimum atomic E-state index is -0.554. The van der Waals surface area contributed by atoms with Crippen LogP contribution in [0, 0.1) is 0 Å². The van der Waals surface area contributed by atoms with Crippen molar-refractivity contribution in [3.8, 4) is 11.5 Å². The predicted octanol–water partition coefficient (Wildman–Crippen LogP) is 2.76. The Balaban J connectivity index is 1.24. The van der Waals surface area contributed by atoms with E-state index in [0.29, 0.717) is 36.8 Å². The minimum absolute atomic E-state index is 0.0253. The number of piperidine rings is 1. The molecule has 1 aliphatic carbocycles. The molecular formula is C32H35N5O6. The van der Waals surface area contributed by atoms with Crippen LogP contribution in [0.25, 0.3) is 0 Å². The maximum Gasteiger partial charge on any atom is 0.263 e. The molecule has 2 N–H and O–H groups in total. The molecule has 1 saturated carbocycles. The van der Waals surface area contributed by atoms with Gasteiger partial charge in [-0.25, -0.2) is 4.98 Å². The van der Waals surface area contributed by atoms with Gasteiger partial charge in [0.25, 0.3) is 11.5 Å². The molecule has 3 heterocycles. The molecule has 2 atom stereocenters. The summed E-state index contributed by atoms with van der Waals surface area (Å²) in [4.78, 5) is 62.7. The molecule has 3 aliphatic rings. The second kappa shape index (κ2) is 12.4. The van der Waals surface area contributed by atoms with Crippen LogP contribution in [-0.2, 0) is 27.4 Å². The van der Waals surface area contributed by atoms with Gasteiger partial charge in [0.1, 0.15) is 22.9 Å². The van der Waals surface area contributed by atoms with E-state index in [9.17, 15) is 19.2 Å². The van der Waals surface area contributed by atoms with E-state index in [0.717, 1.165) is 24.0 Å². The molecule has 43 heavy (non-hydrogen) atoms. The van der Waals surface area contributed by atoms with Crippen LogP contribution in [0.2, 0.25) is 0 Å². The van der Waals surface area contributed by atoms with Crippen LogP contribution in [0.5, 0.6) is 11.5 Å². The molecule has 3 aromatic rings. The SMILES string of the molecule is CCN1CC(=O)N[C@H]2CN(C(=O)c3cnc(C4CC4)[nH]c3=O)CC[C@@H]2OCc2cccc(c2)Oc2cccc(c2)CC1=O. The maximum atomic E-state index is 13.4. The number of ether oxygens (including phenoxy) is 2. The van der Waals surface area contributed by atoms with Gasteiger partial charge in [0.2, 0.25) is 11.8 Å². The summed E-state index contributed by atoms with van der Waals surface area (Å²) in [5.74, 6) is 1.16. The first-order valence-electron chi connectivity index (χ1n) is 14.8. The smallest absolute Gasteiger partial charge is 0.263 e. The zero-order valence-corrected chi connectivity index (χ0v) is 24.1. The minimum Gasteiger partial charge on any atom is -0.457 e. The Morgan fingerprint density at radius 1 is 1.02 bits per heavy atom. The topological polar surface area (TPSA) is 134 Å². The number of benzene rings is 2. The van der Waals surface area contributed by atoms with Gasteiger partial charge in [-0.1, -0.05) is 24.3 Å². The van der Waals surface area contributed by atoms with Crippen molar-refractivity contribution in [2.45, 2.75) is 57.3 Å². The third-order valence-corrected chi connectivity index (χ3v) is 8.12. The van der Waals surface area contributed by atoms with E-state index >= 15 is 0 Å². The summed E-state index contributed by atoms with van der Waals surface area (Å²) >= 11 is 0. The van der Waals surface area contributed by atoms with E-state index < -0.39 is 23.6 Å². The molecule has 11 heteroatoms. The number of aromatic nitrogens is 2. The molecule has 3 amide bonds. The van der Waals surface area contributed by atoms with Gasteiger partial charge in [-0.05, 0) is 61.6 Å². The van der Waals surface area contributed by atoms with E-state index in [4.69, 9.17) is 9.47 Å². The lowest BCUT2D eigenvalue weighted by Gasteiger charge is -2.39. The number of nitrogens with one attached hydrogen (secondary N) is 2. The zero-order chi connectivity index (χ0) is 29.9. The summed E-state index contributed by atoms with van der Waals surface area (Å²) < 4.78 is 12.4. The highest BCUT2D eigenvalue weighted by Crippen LogP contribution is 2.37. The Hall–Kier alpha value is -4.51. The summed E-state index contributed by atoms with van der Waals surface area (Å²) in [6, 6.07) is 14.4. The first-order valence-corrected chi connectivity index (χ1v) is 14.8. The van der Waals surface area contributed by atoms with Gasteiger partial charge < -0.3 is 29.6 Å². The number of carbonyl (C=O) groups excluding carboxylic acids is 3. The van der Waals surface area contributed by atoms with Crippen LogP contribution < -0.4 is 15.6 Å². The Morgan fingerprint density at radius 3 is 2.49 bits per heavy atom. The molecule has 0 unspecified atom stereocenters. The first kappa shape index (κ1) is 28.6. The zero-order valence-electron chi connectivity index (χ0n) is 24.1. The van der Waals surface area contributed by atoms with Crippen LogP contribution in [0.3, 0.4) is 0 Å². The van der Waals surface area contributed by atoms with E-state index in [1.165, 1.54) is 11.1 Å². The maximum absolute atomic E-state index is 13.4. The lowest BCUT2D eigenvalue weighted by atomic mass is 10.0. The van der Waals surface area contributed by atoms with Crippen LogP contribution in [0.15, 0.2) is 59.5 Å². The number of aromatic amines is 1. The molecule has 1 saturated heterocycles. The second-order valence-corrected chi connectivity index (χ2v) is 11.3. The molecule has 6 rings (SSSR count). The first-order chi connectivity index (χ1) is 20.9. The van der Waals surface area contributed by atoms with Crippen LogP contribution in [-0.4, -0.2) is 75.8 Å². The Morgan fingerprint density at radius 2 is 1.77 bits per heavy atom. The van der Waals surface area contributed by atoms with Gasteiger partial charge >= 0.3 is 0 Å². The van der Waals surface area contributed by atoms with Gasteiger partial charge in [-0.2, -0.15) is 0 Å². The van der Waals surface area contributed by atoms with E-state index in [1.54, 1.807) is 4.90 Å². The number of hydrogen-bond donors (Lipinski definition) is 2. The summed E-state index contributed by atoms with van der Waals surface area (Å²) in [6.07, 6.45) is 3.49. The lowest BCUT2D eigenvalue weighted by molar-refractivity contribution is -0.136. The number of likely N-dealkylation sites (tertiary alicyclic amines) is 1. The lowest BCUT2D eigenvalue weighted by Crippen LogP contribution is -2.58. The van der Waals surface area contributed by atoms with Crippen LogP contribution >= 0.6 is 0 Å². The monoisotopic (exact) mass is 585 g/mol. The van der Waals surface area contributed by atoms with Crippen LogP contribution in [0.1, 0.15) is 59.4 Å². The predicted molar refractivity (Wildman–Crippen MR) is 157 cm³/mol. The molecule has 224 valence electrons. The number of carbonyl (C=O) groups is 3. The summed E-state index contributed by atoms with van der Waals surface area (Å²) in [5.41, 5.74) is 1.19. The number of nitrogens with zero attached hydrogens (tertiary/aromatic N) is 3. The van der Waals surface area contributed by atoms with Crippen molar-refractivity contribution in [3.63, 3.8) is 0 Å². The molecule has 0 spiro atoms. The Kier molecular flexibility index (Phi) is 8.24. The second-order valence-electron chi connectivity index (χ2n) is 11.3. The van der Waals surface area contributed by atoms with E-state index in [1.807, 2.05) is 55.5 Å². The number of likely N-dealkylation sites (N-methyl/N-ethyl adjacent to an activating group) is 1. The number of amides is 3. The molecule has 1 aromatic heterocycles. The fraction of sp³-hybridized carbons (Fsp3) is 0.406. The van der Waals surface area contributed by atoms with Crippen molar-refractivity contribution in [2.75, 3.05) is 26.2 Å². The Labute approximate surface area is 249 Å². The van der Waals surface area contributed by atoms with Crippen molar-refractivity contribution in [2.24, 2.45) is 0 Å². The molecule has 2 aromatic carbocycles. The highest BCUT2D eigenvalue weighted by atomic mass is 16.5. The number of H-pyrrole nitrogens is 1. The fourth-order valence-corrected chi connectivity index (χ4v) is 5.59. The average Bonchev–Trinajstić information content (AvgIpc) is 3.85. The van der Waals surface area contributed by atoms with E-state index in [2.05, 4.69) is 15.3 Å². The summed E-state index contributed by atoms with van der Waals surface area (Å²) in [5, 5.41) is 3.02. The van der Waals surface area contributed by atoms with E-state index in [-0.39, 0.29) is 49.4 Å². The largest absolute Gasteiger partial charge is 0.457 e. The van der Waals surface area contributed by atoms with Crippen molar-refractivity contribution in [1.29, 1.82) is 0 Å². The fourth-order valence-electron chi connectivity index (χ4n) is 5.59. The third-order valence-electron chi connectivity index (χ3n) is 8.12. The molecule has 11 nitrogen and oxygen atoms in total. The van der Waals surface area contributed by atoms with Crippen molar-refractivity contribution >= 4 is 17.7 Å². The average molecular weight is 586 g/mol. The molecule has 2 fully saturated rings. The van der Waals surface area contributed by atoms with Crippen molar-refractivity contribution in [3.05, 3.63) is 87.6 Å². The van der Waals surface area contributed by atoms with Gasteiger partial charge in [0.15, 0.2) is 0 Å². The standard InChI is InChI=1S/C32H35N5O6/c1-2-36-18-28(38)34-26-17-37(32(41)25-16-33-30(22-9-10-22)35-31(25)40)12-11-27(26)42-19-21-6-4-8-24(14-21)43-23-7-3-5-20(13-23)15-29(36)39/h3-8,13-14,16,22,26-27H,2,9-12,15,17-19H2,1H3,(H,34,38)(H,33,35,40)/t26-,27-/m0/s1. The molecule has 4 bridgehead atoms. The van der Waals surface area contributed by atoms with Crippen molar-refractivity contribution < 1.29 is 23.9 Å². The third kappa shape index (κ3) is 6.77. The van der Waals surface area contributed by atoms with Gasteiger partial charge in [-0.15, -0.1) is 0 Å². The Bertz CT molecular complexity index is 1580. The molecular weight excluding hydrogens is 550 g/mol. The number of hydrogen-bond acceptors (Lipinski definition) is 7. The molecule has 2 aliphatic heterocycles. The van der Waals surface area contributed by atoms with Gasteiger partial charge in [-0.3, -0.25) is 19.2 Å². The summed E-state index contributed by atoms with van der Waals surface area (Å²) in [7, 11) is 0. The van der Waals surface area contributed by atoms with Crippen molar-refractivity contribution in [1.82, 2.24) is 25.1 Å². The highest BCUT2D eigenvalue weighted by molar-refractivity contribution is 5.93. The quantitative estimate of drug-likeness (QED) is 0.483. The van der Waals surface area contributed by atoms with Gasteiger partial charge in [0.05, 0.1) is 31.7 Å². The highest BCUT2D eigenvalue weighted by Gasteiger charge is 2.35. The number of rotatable bonds is 3.